The normalized spacial score (nSPS) is 14.4. The van der Waals surface area contributed by atoms with Crippen molar-refractivity contribution in [1.82, 2.24) is 10.3 Å². The molecule has 0 atom stereocenters. The average molecular weight is 353 g/mol. The molecule has 1 N–H and O–H groups in total. The number of hydrogen-bond donors (Lipinski definition) is 1. The van der Waals surface area contributed by atoms with Crippen molar-refractivity contribution < 1.29 is 14.3 Å². The molecular formula is C20H23N3O3. The Morgan fingerprint density at radius 3 is 2.77 bits per heavy atom. The van der Waals surface area contributed by atoms with Crippen molar-refractivity contribution in [3.05, 3.63) is 59.8 Å². The lowest BCUT2D eigenvalue weighted by atomic mass is 10.2. The van der Waals surface area contributed by atoms with E-state index in [9.17, 15) is 4.79 Å². The molecule has 0 aliphatic carbocycles. The second kappa shape index (κ2) is 9.01. The minimum Gasteiger partial charge on any atom is -0.497 e. The predicted molar refractivity (Wildman–Crippen MR) is 101 cm³/mol. The van der Waals surface area contributed by atoms with Gasteiger partial charge in [0.15, 0.2) is 0 Å². The van der Waals surface area contributed by atoms with E-state index in [4.69, 9.17) is 9.47 Å². The van der Waals surface area contributed by atoms with Crippen LogP contribution in [0.15, 0.2) is 48.7 Å². The molecule has 1 aromatic heterocycles. The predicted octanol–water partition coefficient (Wildman–Crippen LogP) is 2.26. The zero-order valence-corrected chi connectivity index (χ0v) is 14.9. The van der Waals surface area contributed by atoms with Gasteiger partial charge in [0.25, 0.3) is 0 Å². The van der Waals surface area contributed by atoms with Gasteiger partial charge in [0, 0.05) is 37.5 Å². The molecule has 6 heteroatoms. The smallest absolute Gasteiger partial charge is 0.244 e. The van der Waals surface area contributed by atoms with Gasteiger partial charge >= 0.3 is 0 Å². The number of anilines is 1. The molecule has 1 aliphatic heterocycles. The van der Waals surface area contributed by atoms with Crippen LogP contribution in [0.25, 0.3) is 6.08 Å². The second-order valence-electron chi connectivity index (χ2n) is 5.91. The number of morpholine rings is 1. The molecule has 0 unspecified atom stereocenters. The third-order valence-electron chi connectivity index (χ3n) is 4.17. The molecule has 136 valence electrons. The largest absolute Gasteiger partial charge is 0.497 e. The van der Waals surface area contributed by atoms with Crippen LogP contribution in [0, 0.1) is 0 Å². The monoisotopic (exact) mass is 353 g/mol. The van der Waals surface area contributed by atoms with Crippen LogP contribution in [0.1, 0.15) is 11.1 Å². The van der Waals surface area contributed by atoms with Crippen LogP contribution in [-0.2, 0) is 16.1 Å². The molecule has 1 fully saturated rings. The Balaban J connectivity index is 1.58. The third kappa shape index (κ3) is 4.83. The highest BCUT2D eigenvalue weighted by Gasteiger charge is 2.15. The Morgan fingerprint density at radius 1 is 1.27 bits per heavy atom. The summed E-state index contributed by atoms with van der Waals surface area (Å²) < 4.78 is 10.5. The van der Waals surface area contributed by atoms with Crippen LogP contribution in [0.3, 0.4) is 0 Å². The van der Waals surface area contributed by atoms with Gasteiger partial charge in [-0.25, -0.2) is 4.98 Å². The summed E-state index contributed by atoms with van der Waals surface area (Å²) in [7, 11) is 1.63. The topological polar surface area (TPSA) is 63.7 Å². The molecule has 1 amide bonds. The van der Waals surface area contributed by atoms with Crippen molar-refractivity contribution in [1.29, 1.82) is 0 Å². The average Bonchev–Trinajstić information content (AvgIpc) is 2.72. The Labute approximate surface area is 153 Å². The highest BCUT2D eigenvalue weighted by molar-refractivity contribution is 5.91. The lowest BCUT2D eigenvalue weighted by molar-refractivity contribution is -0.116. The molecule has 1 saturated heterocycles. The minimum absolute atomic E-state index is 0.141. The lowest BCUT2D eigenvalue weighted by Crippen LogP contribution is -2.37. The molecule has 2 aromatic rings. The third-order valence-corrected chi connectivity index (χ3v) is 4.17. The van der Waals surface area contributed by atoms with E-state index in [2.05, 4.69) is 15.2 Å². The van der Waals surface area contributed by atoms with Crippen molar-refractivity contribution in [3.63, 3.8) is 0 Å². The van der Waals surface area contributed by atoms with Gasteiger partial charge in [-0.15, -0.1) is 0 Å². The first-order valence-corrected chi connectivity index (χ1v) is 8.63. The number of benzene rings is 1. The highest BCUT2D eigenvalue weighted by Crippen LogP contribution is 2.18. The van der Waals surface area contributed by atoms with Crippen LogP contribution in [0.4, 0.5) is 5.82 Å². The number of carbonyl (C=O) groups is 1. The number of carbonyl (C=O) groups excluding carboxylic acids is 1. The Bertz CT molecular complexity index is 753. The highest BCUT2D eigenvalue weighted by atomic mass is 16.5. The summed E-state index contributed by atoms with van der Waals surface area (Å²) in [5.41, 5.74) is 1.94. The van der Waals surface area contributed by atoms with Crippen molar-refractivity contribution in [2.45, 2.75) is 6.54 Å². The van der Waals surface area contributed by atoms with Crippen molar-refractivity contribution in [2.24, 2.45) is 0 Å². The van der Waals surface area contributed by atoms with Gasteiger partial charge in [-0.2, -0.15) is 0 Å². The van der Waals surface area contributed by atoms with E-state index in [-0.39, 0.29) is 5.91 Å². The molecule has 1 aromatic carbocycles. The number of hydrogen-bond acceptors (Lipinski definition) is 5. The zero-order valence-electron chi connectivity index (χ0n) is 14.9. The van der Waals surface area contributed by atoms with Gasteiger partial charge in [-0.1, -0.05) is 18.2 Å². The van der Waals surface area contributed by atoms with Crippen LogP contribution in [0.2, 0.25) is 0 Å². The first kappa shape index (κ1) is 17.9. The molecule has 0 spiro atoms. The fraction of sp³-hybridized carbons (Fsp3) is 0.300. The Kier molecular flexibility index (Phi) is 6.22. The van der Waals surface area contributed by atoms with Crippen LogP contribution in [-0.4, -0.2) is 44.3 Å². The first-order chi connectivity index (χ1) is 12.8. The van der Waals surface area contributed by atoms with Gasteiger partial charge in [0.2, 0.25) is 5.91 Å². The summed E-state index contributed by atoms with van der Waals surface area (Å²) in [6.45, 7) is 3.47. The molecule has 0 saturated carbocycles. The van der Waals surface area contributed by atoms with Crippen LogP contribution >= 0.6 is 0 Å². The number of rotatable bonds is 6. The molecule has 3 rings (SSSR count). The van der Waals surface area contributed by atoms with E-state index < -0.39 is 0 Å². The number of amides is 1. The number of pyridine rings is 1. The van der Waals surface area contributed by atoms with Gasteiger partial charge in [0.1, 0.15) is 11.6 Å². The maximum Gasteiger partial charge on any atom is 0.244 e. The molecule has 26 heavy (non-hydrogen) atoms. The number of methoxy groups -OCH3 is 1. The molecular weight excluding hydrogens is 330 g/mol. The summed E-state index contributed by atoms with van der Waals surface area (Å²) in [5, 5.41) is 2.92. The van der Waals surface area contributed by atoms with Gasteiger partial charge < -0.3 is 19.7 Å². The van der Waals surface area contributed by atoms with E-state index >= 15 is 0 Å². The zero-order chi connectivity index (χ0) is 18.2. The molecule has 6 nitrogen and oxygen atoms in total. The summed E-state index contributed by atoms with van der Waals surface area (Å²) in [6, 6.07) is 11.4. The molecule has 0 bridgehead atoms. The van der Waals surface area contributed by atoms with E-state index in [0.717, 1.165) is 35.8 Å². The fourth-order valence-electron chi connectivity index (χ4n) is 2.76. The molecule has 2 heterocycles. The Morgan fingerprint density at radius 2 is 2.04 bits per heavy atom. The maximum absolute atomic E-state index is 12.1. The minimum atomic E-state index is -0.141. The summed E-state index contributed by atoms with van der Waals surface area (Å²) in [4.78, 5) is 18.8. The summed E-state index contributed by atoms with van der Waals surface area (Å²) in [5.74, 6) is 1.56. The van der Waals surface area contributed by atoms with E-state index in [0.29, 0.717) is 19.8 Å². The number of nitrogens with one attached hydrogen (secondary N) is 1. The van der Waals surface area contributed by atoms with Gasteiger partial charge in [0.05, 0.1) is 20.3 Å². The molecule has 0 radical (unpaired) electrons. The van der Waals surface area contributed by atoms with Crippen LogP contribution in [0.5, 0.6) is 5.75 Å². The standard InChI is InChI=1S/C20H23N3O3/c1-25-18-7-4-16(5-8-18)6-9-19(24)22-15-17-3-2-10-21-20(17)23-11-13-26-14-12-23/h2-10H,11-15H2,1H3,(H,22,24). The second-order valence-corrected chi connectivity index (χ2v) is 5.91. The number of aromatic nitrogens is 1. The van der Waals surface area contributed by atoms with Crippen molar-refractivity contribution in [2.75, 3.05) is 38.3 Å². The Hall–Kier alpha value is -2.86. The SMILES string of the molecule is COc1ccc(C=CC(=O)NCc2cccnc2N2CCOCC2)cc1. The van der Waals surface area contributed by atoms with E-state index in [1.807, 2.05) is 36.4 Å². The van der Waals surface area contributed by atoms with Gasteiger partial charge in [-0.05, 0) is 29.8 Å². The van der Waals surface area contributed by atoms with Crippen molar-refractivity contribution in [3.8, 4) is 5.75 Å². The quantitative estimate of drug-likeness (QED) is 0.807. The van der Waals surface area contributed by atoms with Crippen LogP contribution < -0.4 is 15.0 Å². The fourth-order valence-corrected chi connectivity index (χ4v) is 2.76. The molecule has 1 aliphatic rings. The van der Waals surface area contributed by atoms with E-state index in [1.165, 1.54) is 6.08 Å². The van der Waals surface area contributed by atoms with Gasteiger partial charge in [-0.3, -0.25) is 4.79 Å². The number of nitrogens with zero attached hydrogens (tertiary/aromatic N) is 2. The van der Waals surface area contributed by atoms with E-state index in [1.54, 1.807) is 19.4 Å². The maximum atomic E-state index is 12.1. The summed E-state index contributed by atoms with van der Waals surface area (Å²) in [6.07, 6.45) is 5.09. The number of ether oxygens (including phenoxy) is 2. The summed E-state index contributed by atoms with van der Waals surface area (Å²) >= 11 is 0. The first-order valence-electron chi connectivity index (χ1n) is 8.63. The van der Waals surface area contributed by atoms with Crippen molar-refractivity contribution >= 4 is 17.8 Å². The lowest BCUT2D eigenvalue weighted by Gasteiger charge is -2.29.